The molecule has 6 heteroatoms. The van der Waals surface area contributed by atoms with Crippen molar-refractivity contribution in [2.24, 2.45) is 0 Å². The minimum absolute atomic E-state index is 0.00371. The van der Waals surface area contributed by atoms with Gasteiger partial charge in [-0.3, -0.25) is 9.59 Å². The van der Waals surface area contributed by atoms with E-state index in [1.807, 2.05) is 11.9 Å². The molecule has 0 bridgehead atoms. The quantitative estimate of drug-likeness (QED) is 0.816. The number of likely N-dealkylation sites (tertiary alicyclic amines) is 1. The van der Waals surface area contributed by atoms with Gasteiger partial charge in [0.25, 0.3) is 11.8 Å². The van der Waals surface area contributed by atoms with Crippen molar-refractivity contribution in [3.8, 4) is 0 Å². The van der Waals surface area contributed by atoms with Gasteiger partial charge in [-0.15, -0.1) is 0 Å². The molecule has 1 unspecified atom stereocenters. The van der Waals surface area contributed by atoms with Crippen LogP contribution in [0.15, 0.2) is 48.5 Å². The molecule has 1 saturated heterocycles. The highest BCUT2D eigenvalue weighted by Gasteiger charge is 2.25. The third kappa shape index (κ3) is 4.65. The minimum atomic E-state index is -0.233. The van der Waals surface area contributed by atoms with Crippen molar-refractivity contribution in [2.45, 2.75) is 18.9 Å². The van der Waals surface area contributed by atoms with E-state index in [4.69, 9.17) is 5.73 Å². The predicted molar refractivity (Wildman–Crippen MR) is 108 cm³/mol. The first-order valence-corrected chi connectivity index (χ1v) is 9.16. The second kappa shape index (κ2) is 8.22. The fourth-order valence-corrected chi connectivity index (χ4v) is 3.40. The molecular weight excluding hydrogens is 340 g/mol. The van der Waals surface area contributed by atoms with Crippen LogP contribution in [-0.4, -0.2) is 54.8 Å². The molecule has 0 aromatic heterocycles. The Morgan fingerprint density at radius 1 is 1.15 bits per heavy atom. The third-order valence-electron chi connectivity index (χ3n) is 5.01. The molecule has 6 nitrogen and oxygen atoms in total. The summed E-state index contributed by atoms with van der Waals surface area (Å²) in [5.41, 5.74) is 8.01. The van der Waals surface area contributed by atoms with Gasteiger partial charge < -0.3 is 20.9 Å². The van der Waals surface area contributed by atoms with Crippen LogP contribution in [0.5, 0.6) is 0 Å². The summed E-state index contributed by atoms with van der Waals surface area (Å²) in [6.07, 6.45) is 2.13. The molecular formula is C21H26N4O2. The maximum Gasteiger partial charge on any atom is 0.255 e. The summed E-state index contributed by atoms with van der Waals surface area (Å²) in [5.74, 6) is -0.229. The van der Waals surface area contributed by atoms with Gasteiger partial charge in [-0.2, -0.15) is 0 Å². The number of benzene rings is 2. The molecule has 2 aromatic rings. The Morgan fingerprint density at radius 2 is 1.89 bits per heavy atom. The van der Waals surface area contributed by atoms with Gasteiger partial charge in [-0.25, -0.2) is 0 Å². The number of nitrogens with two attached hydrogens (primary N) is 1. The molecule has 1 fully saturated rings. The van der Waals surface area contributed by atoms with Gasteiger partial charge in [0.2, 0.25) is 0 Å². The smallest absolute Gasteiger partial charge is 0.255 e. The molecule has 0 radical (unpaired) electrons. The van der Waals surface area contributed by atoms with Crippen LogP contribution in [0.1, 0.15) is 33.6 Å². The van der Waals surface area contributed by atoms with E-state index in [2.05, 4.69) is 17.3 Å². The zero-order chi connectivity index (χ0) is 19.4. The van der Waals surface area contributed by atoms with E-state index in [0.717, 1.165) is 25.9 Å². The molecule has 27 heavy (non-hydrogen) atoms. The van der Waals surface area contributed by atoms with Crippen LogP contribution in [-0.2, 0) is 0 Å². The van der Waals surface area contributed by atoms with E-state index in [1.54, 1.807) is 48.5 Å². The SMILES string of the molecule is CN1CCCC(N(C)C(=O)c2ccc(NC(=O)c3cccc(N)c3)cc2)C1. The van der Waals surface area contributed by atoms with Crippen molar-refractivity contribution in [3.05, 3.63) is 59.7 Å². The summed E-state index contributed by atoms with van der Waals surface area (Å²) in [7, 11) is 3.95. The lowest BCUT2D eigenvalue weighted by atomic mass is 10.0. The number of likely N-dealkylation sites (N-methyl/N-ethyl adjacent to an activating group) is 2. The highest BCUT2D eigenvalue weighted by atomic mass is 16.2. The van der Waals surface area contributed by atoms with Crippen LogP contribution in [0.4, 0.5) is 11.4 Å². The fourth-order valence-electron chi connectivity index (χ4n) is 3.40. The fraction of sp³-hybridized carbons (Fsp3) is 0.333. The van der Waals surface area contributed by atoms with Crippen LogP contribution in [0.25, 0.3) is 0 Å². The first-order chi connectivity index (χ1) is 12.9. The average Bonchev–Trinajstić information content (AvgIpc) is 2.67. The Labute approximate surface area is 159 Å². The standard InChI is InChI=1S/C21H26N4O2/c1-24-12-4-7-19(14-24)25(2)21(27)15-8-10-18(11-9-15)23-20(26)16-5-3-6-17(22)13-16/h3,5-6,8-11,13,19H,4,7,12,14,22H2,1-2H3,(H,23,26). The first kappa shape index (κ1) is 18.9. The molecule has 3 N–H and O–H groups in total. The highest BCUT2D eigenvalue weighted by Crippen LogP contribution is 2.18. The van der Waals surface area contributed by atoms with Crippen molar-refractivity contribution in [2.75, 3.05) is 38.2 Å². The summed E-state index contributed by atoms with van der Waals surface area (Å²) in [5, 5.41) is 2.82. The number of piperidine rings is 1. The number of carbonyl (C=O) groups excluding carboxylic acids is 2. The van der Waals surface area contributed by atoms with Gasteiger partial charge in [-0.05, 0) is 68.9 Å². The number of nitrogens with zero attached hydrogens (tertiary/aromatic N) is 2. The highest BCUT2D eigenvalue weighted by molar-refractivity contribution is 6.05. The molecule has 2 amide bonds. The largest absolute Gasteiger partial charge is 0.399 e. The Balaban J connectivity index is 1.64. The summed E-state index contributed by atoms with van der Waals surface area (Å²) >= 11 is 0. The summed E-state index contributed by atoms with van der Waals surface area (Å²) in [4.78, 5) is 29.1. The number of carbonyl (C=O) groups is 2. The maximum absolute atomic E-state index is 12.7. The van der Waals surface area contributed by atoms with Crippen LogP contribution in [0, 0.1) is 0 Å². The lowest BCUT2D eigenvalue weighted by Gasteiger charge is -2.35. The van der Waals surface area contributed by atoms with Crippen molar-refractivity contribution in [1.29, 1.82) is 0 Å². The molecule has 1 atom stereocenters. The minimum Gasteiger partial charge on any atom is -0.399 e. The second-order valence-corrected chi connectivity index (χ2v) is 7.13. The average molecular weight is 366 g/mol. The van der Waals surface area contributed by atoms with E-state index in [9.17, 15) is 9.59 Å². The lowest BCUT2D eigenvalue weighted by molar-refractivity contribution is 0.0644. The molecule has 1 heterocycles. The molecule has 3 rings (SSSR count). The Hall–Kier alpha value is -2.86. The first-order valence-electron chi connectivity index (χ1n) is 9.16. The van der Waals surface area contributed by atoms with Gasteiger partial charge in [-0.1, -0.05) is 6.07 Å². The van der Waals surface area contributed by atoms with Crippen molar-refractivity contribution >= 4 is 23.2 Å². The van der Waals surface area contributed by atoms with E-state index >= 15 is 0 Å². The maximum atomic E-state index is 12.7. The zero-order valence-electron chi connectivity index (χ0n) is 15.8. The zero-order valence-corrected chi connectivity index (χ0v) is 15.8. The lowest BCUT2D eigenvalue weighted by Crippen LogP contribution is -2.47. The molecule has 0 spiro atoms. The van der Waals surface area contributed by atoms with Crippen LogP contribution in [0.3, 0.4) is 0 Å². The van der Waals surface area contributed by atoms with E-state index in [1.165, 1.54) is 0 Å². The normalized spacial score (nSPS) is 17.3. The monoisotopic (exact) mass is 366 g/mol. The molecule has 2 aromatic carbocycles. The number of anilines is 2. The molecule has 0 saturated carbocycles. The summed E-state index contributed by atoms with van der Waals surface area (Å²) in [6.45, 7) is 1.98. The van der Waals surface area contributed by atoms with Crippen molar-refractivity contribution < 1.29 is 9.59 Å². The number of nitrogens with one attached hydrogen (secondary N) is 1. The Morgan fingerprint density at radius 3 is 2.56 bits per heavy atom. The third-order valence-corrected chi connectivity index (χ3v) is 5.01. The van der Waals surface area contributed by atoms with Gasteiger partial charge in [0.15, 0.2) is 0 Å². The Kier molecular flexibility index (Phi) is 5.76. The molecule has 1 aliphatic rings. The number of rotatable bonds is 4. The summed E-state index contributed by atoms with van der Waals surface area (Å²) < 4.78 is 0. The van der Waals surface area contributed by atoms with Crippen LogP contribution in [0.2, 0.25) is 0 Å². The van der Waals surface area contributed by atoms with E-state index in [0.29, 0.717) is 22.5 Å². The second-order valence-electron chi connectivity index (χ2n) is 7.13. The topological polar surface area (TPSA) is 78.7 Å². The number of hydrogen-bond donors (Lipinski definition) is 2. The van der Waals surface area contributed by atoms with Crippen molar-refractivity contribution in [1.82, 2.24) is 9.80 Å². The molecule has 0 aliphatic carbocycles. The van der Waals surface area contributed by atoms with E-state index in [-0.39, 0.29) is 17.9 Å². The van der Waals surface area contributed by atoms with Gasteiger partial charge in [0.1, 0.15) is 0 Å². The Bertz CT molecular complexity index is 819. The number of hydrogen-bond acceptors (Lipinski definition) is 4. The molecule has 142 valence electrons. The van der Waals surface area contributed by atoms with Crippen molar-refractivity contribution in [3.63, 3.8) is 0 Å². The van der Waals surface area contributed by atoms with Gasteiger partial charge in [0, 0.05) is 42.1 Å². The summed E-state index contributed by atoms with van der Waals surface area (Å²) in [6, 6.07) is 14.0. The number of nitrogen functional groups attached to an aromatic ring is 1. The van der Waals surface area contributed by atoms with Crippen LogP contribution >= 0.6 is 0 Å². The van der Waals surface area contributed by atoms with E-state index < -0.39 is 0 Å². The van der Waals surface area contributed by atoms with Gasteiger partial charge >= 0.3 is 0 Å². The molecule has 1 aliphatic heterocycles. The van der Waals surface area contributed by atoms with Crippen LogP contribution < -0.4 is 11.1 Å². The van der Waals surface area contributed by atoms with Gasteiger partial charge in [0.05, 0.1) is 0 Å². The number of amides is 2. The predicted octanol–water partition coefficient (Wildman–Crippen LogP) is 2.69.